The zero-order valence-corrected chi connectivity index (χ0v) is 13.0. The van der Waals surface area contributed by atoms with E-state index in [1.165, 1.54) is 0 Å². The molecule has 0 aliphatic carbocycles. The molecule has 1 aromatic heterocycles. The molecule has 3 rings (SSSR count). The number of halogens is 1. The Hall–Kier alpha value is -1.73. The predicted molar refractivity (Wildman–Crippen MR) is 81.8 cm³/mol. The van der Waals surface area contributed by atoms with Crippen LogP contribution in [0.15, 0.2) is 29.0 Å². The molecule has 0 saturated carbocycles. The van der Waals surface area contributed by atoms with E-state index in [4.69, 9.17) is 14.6 Å². The number of nitrogens with one attached hydrogen (secondary N) is 1. The highest BCUT2D eigenvalue weighted by atomic mass is 79.9. The molecule has 1 aromatic carbocycles. The molecule has 2 N–H and O–H groups in total. The number of hydrogen-bond donors (Lipinski definition) is 2. The average molecular weight is 354 g/mol. The number of fused-ring (bicyclic) bond motifs is 1. The van der Waals surface area contributed by atoms with Gasteiger partial charge in [-0.15, -0.1) is 0 Å². The lowest BCUT2D eigenvalue weighted by Crippen LogP contribution is -2.15. The molecule has 1 aliphatic rings. The lowest BCUT2D eigenvalue weighted by molar-refractivity contribution is 0.171. The molecule has 0 atom stereocenters. The van der Waals surface area contributed by atoms with Gasteiger partial charge in [0.1, 0.15) is 13.2 Å². The Labute approximate surface area is 130 Å². The number of anilines is 1. The van der Waals surface area contributed by atoms with Gasteiger partial charge in [-0.1, -0.05) is 0 Å². The molecule has 0 fully saturated rings. The summed E-state index contributed by atoms with van der Waals surface area (Å²) >= 11 is 3.53. The van der Waals surface area contributed by atoms with E-state index in [2.05, 4.69) is 26.3 Å². The van der Waals surface area contributed by atoms with Gasteiger partial charge in [0, 0.05) is 34.9 Å². The van der Waals surface area contributed by atoms with Crippen molar-refractivity contribution in [2.75, 3.05) is 25.1 Å². The topological polar surface area (TPSA) is 68.5 Å². The minimum absolute atomic E-state index is 0.0856. The van der Waals surface area contributed by atoms with Gasteiger partial charge in [0.2, 0.25) is 0 Å². The Kier molecular flexibility index (Phi) is 4.31. The van der Waals surface area contributed by atoms with E-state index in [0.29, 0.717) is 26.3 Å². The van der Waals surface area contributed by atoms with E-state index < -0.39 is 0 Å². The van der Waals surface area contributed by atoms with Crippen molar-refractivity contribution < 1.29 is 14.6 Å². The van der Waals surface area contributed by atoms with Crippen molar-refractivity contribution in [2.45, 2.75) is 13.1 Å². The van der Waals surface area contributed by atoms with Crippen molar-refractivity contribution in [3.05, 3.63) is 34.6 Å². The highest BCUT2D eigenvalue weighted by Gasteiger charge is 2.14. The number of aliphatic hydroxyl groups is 1. The lowest BCUT2D eigenvalue weighted by atomic mass is 10.2. The third kappa shape index (κ3) is 3.30. The van der Waals surface area contributed by atoms with E-state index in [0.717, 1.165) is 27.2 Å². The molecule has 0 saturated heterocycles. The molecule has 6 nitrogen and oxygen atoms in total. The summed E-state index contributed by atoms with van der Waals surface area (Å²) in [7, 11) is 0. The summed E-state index contributed by atoms with van der Waals surface area (Å²) < 4.78 is 13.8. The Morgan fingerprint density at radius 1 is 1.29 bits per heavy atom. The van der Waals surface area contributed by atoms with Crippen molar-refractivity contribution in [2.24, 2.45) is 0 Å². The normalized spacial score (nSPS) is 13.2. The zero-order chi connectivity index (χ0) is 14.7. The highest BCUT2D eigenvalue weighted by molar-refractivity contribution is 9.10. The minimum Gasteiger partial charge on any atom is -0.486 e. The molecule has 0 spiro atoms. The Balaban J connectivity index is 1.69. The molecular weight excluding hydrogens is 338 g/mol. The fourth-order valence-corrected chi connectivity index (χ4v) is 2.58. The number of ether oxygens (including phenoxy) is 2. The summed E-state index contributed by atoms with van der Waals surface area (Å²) in [5, 5.41) is 16.4. The smallest absolute Gasteiger partial charge is 0.163 e. The van der Waals surface area contributed by atoms with Crippen molar-refractivity contribution in [1.82, 2.24) is 9.78 Å². The number of aromatic nitrogens is 2. The van der Waals surface area contributed by atoms with E-state index >= 15 is 0 Å². The van der Waals surface area contributed by atoms with Crippen molar-refractivity contribution in [3.8, 4) is 11.5 Å². The van der Waals surface area contributed by atoms with Crippen LogP contribution in [-0.2, 0) is 13.1 Å². The summed E-state index contributed by atoms with van der Waals surface area (Å²) in [4.78, 5) is 0. The van der Waals surface area contributed by atoms with Crippen LogP contribution in [0.2, 0.25) is 0 Å². The van der Waals surface area contributed by atoms with Crippen LogP contribution in [0.1, 0.15) is 5.56 Å². The molecule has 0 radical (unpaired) electrons. The maximum atomic E-state index is 8.88. The highest BCUT2D eigenvalue weighted by Crippen LogP contribution is 2.38. The van der Waals surface area contributed by atoms with Crippen LogP contribution in [0.3, 0.4) is 0 Å². The molecule has 0 unspecified atom stereocenters. The van der Waals surface area contributed by atoms with Gasteiger partial charge in [-0.05, 0) is 15.9 Å². The Morgan fingerprint density at radius 3 is 2.81 bits per heavy atom. The molecule has 7 heteroatoms. The minimum atomic E-state index is 0.0856. The van der Waals surface area contributed by atoms with Crippen LogP contribution in [0.5, 0.6) is 11.5 Å². The van der Waals surface area contributed by atoms with Gasteiger partial charge in [0.15, 0.2) is 11.5 Å². The van der Waals surface area contributed by atoms with E-state index in [-0.39, 0.29) is 6.61 Å². The van der Waals surface area contributed by atoms with Gasteiger partial charge in [-0.2, -0.15) is 5.10 Å². The first-order valence-corrected chi connectivity index (χ1v) is 7.51. The maximum absolute atomic E-state index is 8.88. The number of hydrogen-bond acceptors (Lipinski definition) is 5. The third-order valence-electron chi connectivity index (χ3n) is 3.13. The van der Waals surface area contributed by atoms with Crippen LogP contribution in [0.25, 0.3) is 0 Å². The van der Waals surface area contributed by atoms with Crippen LogP contribution in [0, 0.1) is 0 Å². The zero-order valence-electron chi connectivity index (χ0n) is 11.4. The van der Waals surface area contributed by atoms with Gasteiger partial charge in [0.05, 0.1) is 25.0 Å². The fourth-order valence-electron chi connectivity index (χ4n) is 2.12. The van der Waals surface area contributed by atoms with Gasteiger partial charge in [-0.3, -0.25) is 4.68 Å². The first-order valence-electron chi connectivity index (χ1n) is 6.71. The first kappa shape index (κ1) is 14.2. The lowest BCUT2D eigenvalue weighted by Gasteiger charge is -2.20. The molecule has 21 heavy (non-hydrogen) atoms. The fraction of sp³-hybridized carbons (Fsp3) is 0.357. The second-order valence-corrected chi connectivity index (χ2v) is 5.52. The number of nitrogens with zero attached hydrogens (tertiary/aromatic N) is 2. The van der Waals surface area contributed by atoms with E-state index in [9.17, 15) is 0 Å². The monoisotopic (exact) mass is 353 g/mol. The van der Waals surface area contributed by atoms with Gasteiger partial charge in [-0.25, -0.2) is 0 Å². The third-order valence-corrected chi connectivity index (χ3v) is 3.79. The van der Waals surface area contributed by atoms with Crippen LogP contribution in [0.4, 0.5) is 5.69 Å². The molecule has 112 valence electrons. The number of aliphatic hydroxyl groups excluding tert-OH is 1. The Morgan fingerprint density at radius 2 is 2.05 bits per heavy atom. The van der Waals surface area contributed by atoms with Crippen LogP contribution < -0.4 is 14.8 Å². The van der Waals surface area contributed by atoms with Crippen molar-refractivity contribution in [1.29, 1.82) is 0 Å². The van der Waals surface area contributed by atoms with Crippen LogP contribution >= 0.6 is 15.9 Å². The summed E-state index contributed by atoms with van der Waals surface area (Å²) in [6.07, 6.45) is 3.70. The van der Waals surface area contributed by atoms with Gasteiger partial charge >= 0.3 is 0 Å². The van der Waals surface area contributed by atoms with E-state index in [1.807, 2.05) is 18.3 Å². The maximum Gasteiger partial charge on any atom is 0.163 e. The second-order valence-electron chi connectivity index (χ2n) is 4.66. The standard InChI is InChI=1S/C14H16BrN3O3/c15-11-5-13-14(21-4-3-20-13)6-12(11)16-7-10-8-17-18(9-10)1-2-19/h5-6,8-9,16,19H,1-4,7H2. The first-order chi connectivity index (χ1) is 10.3. The molecule has 2 aromatic rings. The quantitative estimate of drug-likeness (QED) is 0.860. The molecule has 0 amide bonds. The SMILES string of the molecule is OCCn1cc(CNc2cc3c(cc2Br)OCCO3)cn1. The summed E-state index contributed by atoms with van der Waals surface area (Å²) in [6.45, 7) is 2.39. The second kappa shape index (κ2) is 6.36. The number of benzene rings is 1. The van der Waals surface area contributed by atoms with Crippen molar-refractivity contribution >= 4 is 21.6 Å². The Bertz CT molecular complexity index is 630. The summed E-state index contributed by atoms with van der Waals surface area (Å²) in [5.74, 6) is 1.51. The van der Waals surface area contributed by atoms with Crippen molar-refractivity contribution in [3.63, 3.8) is 0 Å². The van der Waals surface area contributed by atoms with Gasteiger partial charge in [0.25, 0.3) is 0 Å². The molecular formula is C14H16BrN3O3. The number of rotatable bonds is 5. The van der Waals surface area contributed by atoms with E-state index in [1.54, 1.807) is 10.9 Å². The van der Waals surface area contributed by atoms with Crippen LogP contribution in [-0.4, -0.2) is 34.7 Å². The largest absolute Gasteiger partial charge is 0.486 e. The summed E-state index contributed by atoms with van der Waals surface area (Å²) in [5.41, 5.74) is 1.99. The predicted octanol–water partition coefficient (Wildman–Crippen LogP) is 2.02. The summed E-state index contributed by atoms with van der Waals surface area (Å²) in [6, 6.07) is 3.84. The molecule has 1 aliphatic heterocycles. The van der Waals surface area contributed by atoms with Gasteiger partial charge < -0.3 is 19.9 Å². The molecule has 0 bridgehead atoms. The molecule has 2 heterocycles. The average Bonchev–Trinajstić information content (AvgIpc) is 2.93.